The van der Waals surface area contributed by atoms with Crippen molar-refractivity contribution in [2.24, 2.45) is 5.92 Å². The van der Waals surface area contributed by atoms with Gasteiger partial charge in [0.05, 0.1) is 18.7 Å². The van der Waals surface area contributed by atoms with E-state index in [0.29, 0.717) is 60.8 Å². The van der Waals surface area contributed by atoms with Gasteiger partial charge in [0.25, 0.3) is 5.91 Å². The van der Waals surface area contributed by atoms with Crippen molar-refractivity contribution in [3.8, 4) is 11.5 Å². The van der Waals surface area contributed by atoms with Crippen LogP contribution in [-0.2, 0) is 0 Å². The number of amides is 1. The Morgan fingerprint density at radius 1 is 1.25 bits per heavy atom. The van der Waals surface area contributed by atoms with E-state index in [1.807, 2.05) is 17.0 Å². The van der Waals surface area contributed by atoms with Crippen LogP contribution in [0.25, 0.3) is 10.3 Å². The van der Waals surface area contributed by atoms with Gasteiger partial charge in [0.15, 0.2) is 16.6 Å². The number of halogens is 1. The van der Waals surface area contributed by atoms with Crippen LogP contribution < -0.4 is 14.4 Å². The number of thiazole rings is 1. The molecule has 0 unspecified atom stereocenters. The molecule has 0 N–H and O–H groups in total. The van der Waals surface area contributed by atoms with Gasteiger partial charge in [-0.1, -0.05) is 36.8 Å². The molecular weight excluding hydrogens is 448 g/mol. The van der Waals surface area contributed by atoms with E-state index in [0.717, 1.165) is 21.9 Å². The lowest BCUT2D eigenvalue weighted by atomic mass is 10.1. The number of carbonyl (C=O) groups is 1. The third-order valence-corrected chi connectivity index (χ3v) is 6.73. The van der Waals surface area contributed by atoms with Crippen molar-refractivity contribution < 1.29 is 14.3 Å². The van der Waals surface area contributed by atoms with Crippen LogP contribution in [-0.4, -0.2) is 60.7 Å². The first-order valence-corrected chi connectivity index (χ1v) is 11.9. The molecule has 1 aromatic carbocycles. The Bertz CT molecular complexity index is 1060. The number of fused-ring (bicyclic) bond motifs is 1. The first-order chi connectivity index (χ1) is 15.5. The van der Waals surface area contributed by atoms with E-state index in [1.54, 1.807) is 36.8 Å². The van der Waals surface area contributed by atoms with Crippen LogP contribution in [0, 0.1) is 5.92 Å². The molecule has 1 aliphatic rings. The Hall–Kier alpha value is -2.58. The van der Waals surface area contributed by atoms with Crippen LogP contribution in [0.3, 0.4) is 0 Å². The number of ether oxygens (including phenoxy) is 2. The van der Waals surface area contributed by atoms with Gasteiger partial charge >= 0.3 is 0 Å². The predicted octanol–water partition coefficient (Wildman–Crippen LogP) is 4.74. The van der Waals surface area contributed by atoms with Gasteiger partial charge in [0, 0.05) is 37.9 Å². The molecule has 0 atom stereocenters. The van der Waals surface area contributed by atoms with Gasteiger partial charge < -0.3 is 19.3 Å². The zero-order valence-electron chi connectivity index (χ0n) is 18.5. The Balaban J connectivity index is 1.42. The molecule has 7 nitrogen and oxygen atoms in total. The lowest BCUT2D eigenvalue weighted by Crippen LogP contribution is -2.48. The minimum Gasteiger partial charge on any atom is -0.493 e. The van der Waals surface area contributed by atoms with Gasteiger partial charge in [-0.05, 0) is 36.6 Å². The maximum Gasteiger partial charge on any atom is 0.254 e. The van der Waals surface area contributed by atoms with E-state index in [9.17, 15) is 4.79 Å². The largest absolute Gasteiger partial charge is 0.493 e. The molecule has 2 aromatic heterocycles. The van der Waals surface area contributed by atoms with Crippen LogP contribution in [0.5, 0.6) is 11.5 Å². The normalized spacial score (nSPS) is 14.3. The topological polar surface area (TPSA) is 67.8 Å². The number of piperazine rings is 1. The molecule has 1 fully saturated rings. The molecule has 170 valence electrons. The summed E-state index contributed by atoms with van der Waals surface area (Å²) in [5.41, 5.74) is 1.41. The van der Waals surface area contributed by atoms with Gasteiger partial charge in [-0.3, -0.25) is 4.79 Å². The number of carbonyl (C=O) groups excluding carboxylic acids is 1. The zero-order valence-corrected chi connectivity index (χ0v) is 20.1. The van der Waals surface area contributed by atoms with E-state index in [-0.39, 0.29) is 5.91 Å². The summed E-state index contributed by atoms with van der Waals surface area (Å²) in [7, 11) is 1.56. The smallest absolute Gasteiger partial charge is 0.254 e. The monoisotopic (exact) mass is 474 g/mol. The summed E-state index contributed by atoms with van der Waals surface area (Å²) >= 11 is 8.04. The predicted molar refractivity (Wildman–Crippen MR) is 128 cm³/mol. The van der Waals surface area contributed by atoms with E-state index in [1.165, 1.54) is 0 Å². The van der Waals surface area contributed by atoms with Crippen molar-refractivity contribution in [3.05, 3.63) is 41.0 Å². The second-order valence-electron chi connectivity index (χ2n) is 8.12. The van der Waals surface area contributed by atoms with E-state index >= 15 is 0 Å². The van der Waals surface area contributed by atoms with Crippen molar-refractivity contribution in [1.29, 1.82) is 0 Å². The quantitative estimate of drug-likeness (QED) is 0.492. The molecular formula is C23H27ClN4O3S. The average molecular weight is 475 g/mol. The molecule has 1 aliphatic heterocycles. The summed E-state index contributed by atoms with van der Waals surface area (Å²) in [5, 5.41) is 1.33. The minimum absolute atomic E-state index is 0.0652. The molecule has 3 aromatic rings. The molecule has 0 spiro atoms. The molecule has 4 rings (SSSR count). The number of benzene rings is 1. The molecule has 0 aliphatic carbocycles. The molecule has 0 bridgehead atoms. The zero-order chi connectivity index (χ0) is 22.7. The lowest BCUT2D eigenvalue weighted by molar-refractivity contribution is 0.0746. The Kier molecular flexibility index (Phi) is 7.01. The van der Waals surface area contributed by atoms with Gasteiger partial charge in [-0.25, -0.2) is 9.97 Å². The Labute approximate surface area is 196 Å². The summed E-state index contributed by atoms with van der Waals surface area (Å²) in [4.78, 5) is 27.2. The molecule has 0 radical (unpaired) electrons. The third kappa shape index (κ3) is 4.91. The molecule has 3 heterocycles. The van der Waals surface area contributed by atoms with E-state index < -0.39 is 0 Å². The highest BCUT2D eigenvalue weighted by Gasteiger charge is 2.26. The first-order valence-electron chi connectivity index (χ1n) is 10.7. The molecule has 1 amide bonds. The van der Waals surface area contributed by atoms with Crippen molar-refractivity contribution in [1.82, 2.24) is 14.9 Å². The number of pyridine rings is 1. The van der Waals surface area contributed by atoms with E-state index in [2.05, 4.69) is 28.7 Å². The number of hydrogen-bond acceptors (Lipinski definition) is 7. The van der Waals surface area contributed by atoms with Gasteiger partial charge in [0.2, 0.25) is 0 Å². The fourth-order valence-corrected chi connectivity index (χ4v) is 4.78. The molecule has 0 saturated carbocycles. The van der Waals surface area contributed by atoms with E-state index in [4.69, 9.17) is 21.1 Å². The number of aromatic nitrogens is 2. The minimum atomic E-state index is -0.0652. The maximum atomic E-state index is 13.1. The number of rotatable bonds is 7. The Morgan fingerprint density at radius 3 is 2.72 bits per heavy atom. The van der Waals surface area contributed by atoms with Crippen molar-refractivity contribution >= 4 is 44.3 Å². The fraction of sp³-hybridized carbons (Fsp3) is 0.435. The number of nitrogens with zero attached hydrogens (tertiary/aromatic N) is 4. The van der Waals surface area contributed by atoms with Crippen LogP contribution in [0.15, 0.2) is 30.5 Å². The highest BCUT2D eigenvalue weighted by atomic mass is 35.5. The summed E-state index contributed by atoms with van der Waals surface area (Å²) in [6.07, 6.45) is 2.69. The Morgan fingerprint density at radius 2 is 2.03 bits per heavy atom. The average Bonchev–Trinajstić information content (AvgIpc) is 3.23. The van der Waals surface area contributed by atoms with Crippen LogP contribution in [0.1, 0.15) is 30.6 Å². The lowest BCUT2D eigenvalue weighted by Gasteiger charge is -2.34. The molecule has 32 heavy (non-hydrogen) atoms. The summed E-state index contributed by atoms with van der Waals surface area (Å²) in [5.74, 6) is 1.42. The van der Waals surface area contributed by atoms with Gasteiger partial charge in [-0.2, -0.15) is 0 Å². The first kappa shape index (κ1) is 22.6. The summed E-state index contributed by atoms with van der Waals surface area (Å²) in [6, 6.07) is 7.24. The van der Waals surface area contributed by atoms with Crippen molar-refractivity contribution in [2.45, 2.75) is 20.3 Å². The van der Waals surface area contributed by atoms with Gasteiger partial charge in [0.1, 0.15) is 10.3 Å². The summed E-state index contributed by atoms with van der Waals surface area (Å²) in [6.45, 7) is 7.46. The standard InChI is InChI=1S/C23H27ClN4O3S/c1-15(2)6-12-31-20-17(24)13-16(14-19(20)30-3)22(29)27-8-10-28(11-9-27)23-26-18-5-4-7-25-21(18)32-23/h4-5,7,13-15H,6,8-12H2,1-3H3. The molecule has 1 saturated heterocycles. The number of anilines is 1. The second-order valence-corrected chi connectivity index (χ2v) is 9.49. The highest BCUT2D eigenvalue weighted by Crippen LogP contribution is 2.37. The highest BCUT2D eigenvalue weighted by molar-refractivity contribution is 7.21. The van der Waals surface area contributed by atoms with Crippen LogP contribution in [0.4, 0.5) is 5.13 Å². The maximum absolute atomic E-state index is 13.1. The number of hydrogen-bond donors (Lipinski definition) is 0. The second kappa shape index (κ2) is 9.92. The SMILES string of the molecule is COc1cc(C(=O)N2CCN(c3nc4cccnc4s3)CC2)cc(Cl)c1OCCC(C)C. The summed E-state index contributed by atoms with van der Waals surface area (Å²) < 4.78 is 11.3. The third-order valence-electron chi connectivity index (χ3n) is 5.41. The van der Waals surface area contributed by atoms with Crippen molar-refractivity contribution in [3.63, 3.8) is 0 Å². The van der Waals surface area contributed by atoms with Gasteiger partial charge in [-0.15, -0.1) is 0 Å². The molecule has 9 heteroatoms. The number of methoxy groups -OCH3 is 1. The van der Waals surface area contributed by atoms with Crippen LogP contribution in [0.2, 0.25) is 5.02 Å². The fourth-order valence-electron chi connectivity index (χ4n) is 3.56. The van der Waals surface area contributed by atoms with Crippen molar-refractivity contribution in [2.75, 3.05) is 44.8 Å². The van der Waals surface area contributed by atoms with Crippen LogP contribution >= 0.6 is 22.9 Å².